The van der Waals surface area contributed by atoms with Crippen molar-refractivity contribution in [2.24, 2.45) is 5.92 Å². The largest absolute Gasteiger partial charge is 0.494 e. The van der Waals surface area contributed by atoms with Gasteiger partial charge < -0.3 is 14.8 Å². The van der Waals surface area contributed by atoms with Gasteiger partial charge in [-0.25, -0.2) is 0 Å². The van der Waals surface area contributed by atoms with Gasteiger partial charge in [0, 0.05) is 18.2 Å². The van der Waals surface area contributed by atoms with Crippen molar-refractivity contribution in [2.75, 3.05) is 19.0 Å². The van der Waals surface area contributed by atoms with Crippen molar-refractivity contribution < 1.29 is 14.3 Å². The van der Waals surface area contributed by atoms with Gasteiger partial charge in [0.05, 0.1) is 12.8 Å². The van der Waals surface area contributed by atoms with Crippen LogP contribution in [0.5, 0.6) is 5.75 Å². The Balaban J connectivity index is 2.33. The molecule has 1 atom stereocenters. The van der Waals surface area contributed by atoms with Crippen molar-refractivity contribution in [3.05, 3.63) is 30.5 Å². The molecule has 25 heavy (non-hydrogen) atoms. The lowest BCUT2D eigenvalue weighted by Gasteiger charge is -2.30. The van der Waals surface area contributed by atoms with Gasteiger partial charge >= 0.3 is 0 Å². The molecule has 0 fully saturated rings. The second-order valence-corrected chi connectivity index (χ2v) is 6.85. The van der Waals surface area contributed by atoms with E-state index in [1.54, 1.807) is 13.3 Å². The molecular weight excluding hydrogens is 316 g/mol. The first-order valence-electron chi connectivity index (χ1n) is 8.78. The summed E-state index contributed by atoms with van der Waals surface area (Å²) in [6, 6.07) is 7.43. The number of fused-ring (bicyclic) bond motifs is 1. The Bertz CT molecular complexity index is 730. The molecule has 0 saturated carbocycles. The lowest BCUT2D eigenvalue weighted by Crippen LogP contribution is -2.44. The maximum absolute atomic E-state index is 13.0. The van der Waals surface area contributed by atoms with Crippen LogP contribution in [-0.4, -0.2) is 30.2 Å². The van der Waals surface area contributed by atoms with Crippen LogP contribution in [0.3, 0.4) is 0 Å². The first-order valence-corrected chi connectivity index (χ1v) is 8.78. The highest BCUT2D eigenvalue weighted by molar-refractivity contribution is 6.05. The minimum atomic E-state index is -0.862. The normalized spacial score (nSPS) is 13.7. The molecular formula is C20H28N2O3. The zero-order valence-corrected chi connectivity index (χ0v) is 15.8. The Morgan fingerprint density at radius 3 is 2.72 bits per heavy atom. The SMILES string of the molecule is CCCO[C@@](C)(CC(C)C)C(=O)Nc1ccc(OC)c2ncccc12. The van der Waals surface area contributed by atoms with E-state index in [2.05, 4.69) is 24.1 Å². The molecule has 0 spiro atoms. The Labute approximate surface area is 149 Å². The number of nitrogens with one attached hydrogen (secondary N) is 1. The smallest absolute Gasteiger partial charge is 0.256 e. The molecule has 1 aromatic carbocycles. The Morgan fingerprint density at radius 1 is 1.32 bits per heavy atom. The maximum Gasteiger partial charge on any atom is 0.256 e. The summed E-state index contributed by atoms with van der Waals surface area (Å²) in [5.41, 5.74) is 0.574. The average Bonchev–Trinajstić information content (AvgIpc) is 2.59. The molecule has 5 heteroatoms. The minimum Gasteiger partial charge on any atom is -0.494 e. The van der Waals surface area contributed by atoms with E-state index >= 15 is 0 Å². The number of hydrogen-bond donors (Lipinski definition) is 1. The summed E-state index contributed by atoms with van der Waals surface area (Å²) in [6.07, 6.45) is 3.24. The Kier molecular flexibility index (Phi) is 6.37. The first kappa shape index (κ1) is 19.2. The van der Waals surface area contributed by atoms with Crippen LogP contribution in [0.15, 0.2) is 30.5 Å². The van der Waals surface area contributed by atoms with Crippen LogP contribution in [0.4, 0.5) is 5.69 Å². The van der Waals surface area contributed by atoms with E-state index in [1.807, 2.05) is 38.1 Å². The molecule has 5 nitrogen and oxygen atoms in total. The van der Waals surface area contributed by atoms with Crippen molar-refractivity contribution in [1.82, 2.24) is 4.98 Å². The van der Waals surface area contributed by atoms with Gasteiger partial charge in [0.15, 0.2) is 0 Å². The molecule has 0 aliphatic heterocycles. The summed E-state index contributed by atoms with van der Waals surface area (Å²) in [6.45, 7) is 8.64. The molecule has 1 heterocycles. The number of amides is 1. The molecule has 0 radical (unpaired) electrons. The standard InChI is InChI=1S/C20H28N2O3/c1-6-12-25-20(4,13-14(2)3)19(23)22-16-9-10-17(24-5)18-15(16)8-7-11-21-18/h7-11,14H,6,12-13H2,1-5H3,(H,22,23)/t20-/m0/s1. The monoisotopic (exact) mass is 344 g/mol. The number of rotatable bonds is 8. The molecule has 2 rings (SSSR count). The number of carbonyl (C=O) groups excluding carboxylic acids is 1. The highest BCUT2D eigenvalue weighted by Crippen LogP contribution is 2.31. The van der Waals surface area contributed by atoms with Gasteiger partial charge in [0.25, 0.3) is 5.91 Å². The van der Waals surface area contributed by atoms with Crippen LogP contribution >= 0.6 is 0 Å². The summed E-state index contributed by atoms with van der Waals surface area (Å²) >= 11 is 0. The van der Waals surface area contributed by atoms with Crippen molar-refractivity contribution in [3.8, 4) is 5.75 Å². The summed E-state index contributed by atoms with van der Waals surface area (Å²) in [7, 11) is 1.61. The number of pyridine rings is 1. The molecule has 1 amide bonds. The van der Waals surface area contributed by atoms with Crippen LogP contribution in [0.25, 0.3) is 10.9 Å². The van der Waals surface area contributed by atoms with Crippen LogP contribution in [0.1, 0.15) is 40.5 Å². The third-order valence-corrected chi connectivity index (χ3v) is 4.10. The van der Waals surface area contributed by atoms with E-state index in [0.717, 1.165) is 17.3 Å². The number of ether oxygens (including phenoxy) is 2. The van der Waals surface area contributed by atoms with Crippen molar-refractivity contribution in [1.29, 1.82) is 0 Å². The number of aromatic nitrogens is 1. The number of benzene rings is 1. The second kappa shape index (κ2) is 8.30. The summed E-state index contributed by atoms with van der Waals surface area (Å²) in [5.74, 6) is 0.896. The Hall–Kier alpha value is -2.14. The van der Waals surface area contributed by atoms with E-state index in [9.17, 15) is 4.79 Å². The summed E-state index contributed by atoms with van der Waals surface area (Å²) < 4.78 is 11.3. The number of carbonyl (C=O) groups is 1. The lowest BCUT2D eigenvalue weighted by atomic mass is 9.92. The fourth-order valence-corrected chi connectivity index (χ4v) is 3.00. The van der Waals surface area contributed by atoms with Crippen LogP contribution in [-0.2, 0) is 9.53 Å². The van der Waals surface area contributed by atoms with Gasteiger partial charge in [-0.1, -0.05) is 20.8 Å². The average molecular weight is 344 g/mol. The molecule has 2 aromatic rings. The molecule has 0 unspecified atom stereocenters. The third-order valence-electron chi connectivity index (χ3n) is 4.10. The maximum atomic E-state index is 13.0. The van der Waals surface area contributed by atoms with Crippen LogP contribution < -0.4 is 10.1 Å². The van der Waals surface area contributed by atoms with Crippen molar-refractivity contribution in [3.63, 3.8) is 0 Å². The molecule has 0 saturated heterocycles. The highest BCUT2D eigenvalue weighted by atomic mass is 16.5. The molecule has 1 aromatic heterocycles. The zero-order valence-electron chi connectivity index (χ0n) is 15.8. The third kappa shape index (κ3) is 4.48. The highest BCUT2D eigenvalue weighted by Gasteiger charge is 2.35. The molecule has 0 aliphatic carbocycles. The first-order chi connectivity index (χ1) is 11.9. The number of anilines is 1. The Morgan fingerprint density at radius 2 is 2.08 bits per heavy atom. The number of nitrogens with zero attached hydrogens (tertiary/aromatic N) is 1. The van der Waals surface area contributed by atoms with Crippen LogP contribution in [0.2, 0.25) is 0 Å². The van der Waals surface area contributed by atoms with E-state index < -0.39 is 5.60 Å². The van der Waals surface area contributed by atoms with E-state index in [0.29, 0.717) is 30.4 Å². The predicted molar refractivity (Wildman–Crippen MR) is 101 cm³/mol. The van der Waals surface area contributed by atoms with E-state index in [4.69, 9.17) is 9.47 Å². The summed E-state index contributed by atoms with van der Waals surface area (Å²) in [4.78, 5) is 17.4. The topological polar surface area (TPSA) is 60.5 Å². The van der Waals surface area contributed by atoms with Gasteiger partial charge in [-0.15, -0.1) is 0 Å². The van der Waals surface area contributed by atoms with Gasteiger partial charge in [0.1, 0.15) is 16.9 Å². The number of methoxy groups -OCH3 is 1. The lowest BCUT2D eigenvalue weighted by molar-refractivity contribution is -0.141. The fourth-order valence-electron chi connectivity index (χ4n) is 3.00. The van der Waals surface area contributed by atoms with Gasteiger partial charge in [0.2, 0.25) is 0 Å². The minimum absolute atomic E-state index is 0.134. The molecule has 1 N–H and O–H groups in total. The second-order valence-electron chi connectivity index (χ2n) is 6.85. The number of hydrogen-bond acceptors (Lipinski definition) is 4. The fraction of sp³-hybridized carbons (Fsp3) is 0.500. The van der Waals surface area contributed by atoms with E-state index in [-0.39, 0.29) is 5.91 Å². The molecule has 0 aliphatic rings. The van der Waals surface area contributed by atoms with Gasteiger partial charge in [-0.3, -0.25) is 9.78 Å². The van der Waals surface area contributed by atoms with Crippen molar-refractivity contribution >= 4 is 22.5 Å². The van der Waals surface area contributed by atoms with Gasteiger partial charge in [-0.05, 0) is 49.9 Å². The quantitative estimate of drug-likeness (QED) is 0.770. The molecule has 136 valence electrons. The van der Waals surface area contributed by atoms with Gasteiger partial charge in [-0.2, -0.15) is 0 Å². The molecule has 0 bridgehead atoms. The summed E-state index contributed by atoms with van der Waals surface area (Å²) in [5, 5.41) is 3.88. The van der Waals surface area contributed by atoms with Crippen molar-refractivity contribution in [2.45, 2.75) is 46.1 Å². The predicted octanol–water partition coefficient (Wildman–Crippen LogP) is 4.41. The van der Waals surface area contributed by atoms with Crippen LogP contribution in [0, 0.1) is 5.92 Å². The van der Waals surface area contributed by atoms with E-state index in [1.165, 1.54) is 0 Å². The zero-order chi connectivity index (χ0) is 18.4.